The molecule has 0 bridgehead atoms. The number of carbonyl (C=O) groups excluding carboxylic acids is 2. The van der Waals surface area contributed by atoms with Crippen LogP contribution in [0.1, 0.15) is 53.6 Å². The van der Waals surface area contributed by atoms with Crippen LogP contribution in [0.3, 0.4) is 0 Å². The molecule has 0 aliphatic carbocycles. The Labute approximate surface area is 179 Å². The van der Waals surface area contributed by atoms with Crippen molar-refractivity contribution in [2.24, 2.45) is 0 Å². The van der Waals surface area contributed by atoms with Gasteiger partial charge in [0.1, 0.15) is 12.0 Å². The van der Waals surface area contributed by atoms with Gasteiger partial charge in [-0.15, -0.1) is 0 Å². The number of fused-ring (bicyclic) bond motifs is 2. The second kappa shape index (κ2) is 7.92. The molecule has 0 radical (unpaired) electrons. The first-order valence-electron chi connectivity index (χ1n) is 10.5. The molecule has 0 spiro atoms. The van der Waals surface area contributed by atoms with Crippen molar-refractivity contribution in [3.63, 3.8) is 0 Å². The Balaban J connectivity index is 1.64. The molecule has 0 saturated carbocycles. The predicted octanol–water partition coefficient (Wildman–Crippen LogP) is 2.40. The predicted molar refractivity (Wildman–Crippen MR) is 113 cm³/mol. The van der Waals surface area contributed by atoms with Crippen LogP contribution in [0.15, 0.2) is 35.3 Å². The quantitative estimate of drug-likeness (QED) is 0.741. The molecule has 8 heteroatoms. The van der Waals surface area contributed by atoms with Crippen LogP contribution in [0.4, 0.5) is 4.39 Å². The molecule has 31 heavy (non-hydrogen) atoms. The molecule has 2 atom stereocenters. The van der Waals surface area contributed by atoms with E-state index in [1.165, 1.54) is 18.3 Å². The maximum atomic E-state index is 13.1. The van der Waals surface area contributed by atoms with E-state index in [0.717, 1.165) is 5.56 Å². The summed E-state index contributed by atoms with van der Waals surface area (Å²) in [6.07, 6.45) is 1.59. The zero-order valence-electron chi connectivity index (χ0n) is 17.8. The van der Waals surface area contributed by atoms with Gasteiger partial charge < -0.3 is 14.6 Å². The summed E-state index contributed by atoms with van der Waals surface area (Å²) in [4.78, 5) is 42.5. The van der Waals surface area contributed by atoms with Crippen LogP contribution in [0.2, 0.25) is 0 Å². The lowest BCUT2D eigenvalue weighted by atomic mass is 10.0. The fraction of sp³-hybridized carbons (Fsp3) is 0.435. The maximum Gasteiger partial charge on any atom is 0.276 e. The van der Waals surface area contributed by atoms with E-state index in [2.05, 4.69) is 18.7 Å². The number of carbonyl (C=O) groups is 2. The molecule has 4 rings (SSSR count). The molecule has 2 aliphatic heterocycles. The molecule has 1 fully saturated rings. The van der Waals surface area contributed by atoms with Crippen molar-refractivity contribution in [2.45, 2.75) is 58.4 Å². The molecule has 7 nitrogen and oxygen atoms in total. The van der Waals surface area contributed by atoms with E-state index >= 15 is 0 Å². The van der Waals surface area contributed by atoms with Crippen molar-refractivity contribution in [2.75, 3.05) is 6.54 Å². The number of amides is 1. The summed E-state index contributed by atoms with van der Waals surface area (Å²) in [7, 11) is 0. The summed E-state index contributed by atoms with van der Waals surface area (Å²) in [5.41, 5.74) is -0.245. The summed E-state index contributed by atoms with van der Waals surface area (Å²) in [5.74, 6) is -1.85. The van der Waals surface area contributed by atoms with Gasteiger partial charge in [-0.3, -0.25) is 19.3 Å². The maximum absolute atomic E-state index is 13.1. The van der Waals surface area contributed by atoms with Gasteiger partial charge in [-0.05, 0) is 44.9 Å². The standard InChI is InChI=1S/C23H26FN3O4/c1-13(2)26-10-14(3)27-19(26)12-25-11-17(21(29)22(30)20(25)23(27)31)18(28)9-6-15-4-7-16(24)8-5-15/h4-5,7-8,11,13-14,19,30H,6,9-10,12H2,1-3H3/t14-,19+/m1/s1. The van der Waals surface area contributed by atoms with E-state index in [4.69, 9.17) is 0 Å². The van der Waals surface area contributed by atoms with Gasteiger partial charge >= 0.3 is 0 Å². The fourth-order valence-electron chi connectivity index (χ4n) is 4.61. The van der Waals surface area contributed by atoms with Crippen molar-refractivity contribution in [1.29, 1.82) is 0 Å². The molecule has 2 aromatic rings. The molecule has 3 heterocycles. The minimum Gasteiger partial charge on any atom is -0.503 e. The lowest BCUT2D eigenvalue weighted by Gasteiger charge is -2.38. The Morgan fingerprint density at radius 3 is 2.52 bits per heavy atom. The number of hydrogen-bond donors (Lipinski definition) is 1. The van der Waals surface area contributed by atoms with Gasteiger partial charge in [0.2, 0.25) is 5.43 Å². The van der Waals surface area contributed by atoms with Crippen LogP contribution < -0.4 is 5.43 Å². The van der Waals surface area contributed by atoms with Crippen molar-refractivity contribution in [1.82, 2.24) is 14.4 Å². The molecule has 1 N–H and O–H groups in total. The minimum absolute atomic E-state index is 0.0400. The fourth-order valence-corrected chi connectivity index (χ4v) is 4.61. The molecule has 164 valence electrons. The van der Waals surface area contributed by atoms with Crippen LogP contribution in [0.25, 0.3) is 0 Å². The average Bonchev–Trinajstić information content (AvgIpc) is 3.06. The zero-order chi connectivity index (χ0) is 22.4. The molecule has 1 aromatic carbocycles. The number of aromatic nitrogens is 1. The first-order chi connectivity index (χ1) is 14.7. The van der Waals surface area contributed by atoms with Gasteiger partial charge in [0.15, 0.2) is 17.2 Å². The molecule has 1 saturated heterocycles. The van der Waals surface area contributed by atoms with E-state index in [0.29, 0.717) is 19.5 Å². The highest BCUT2D eigenvalue weighted by molar-refractivity contribution is 6.00. The number of nitrogens with zero attached hydrogens (tertiary/aromatic N) is 3. The van der Waals surface area contributed by atoms with Crippen LogP contribution in [0, 0.1) is 5.82 Å². The molecule has 1 aromatic heterocycles. The van der Waals surface area contributed by atoms with Gasteiger partial charge in [0, 0.05) is 31.2 Å². The summed E-state index contributed by atoms with van der Waals surface area (Å²) in [6, 6.07) is 6.00. The van der Waals surface area contributed by atoms with Crippen LogP contribution >= 0.6 is 0 Å². The number of pyridine rings is 1. The highest BCUT2D eigenvalue weighted by Gasteiger charge is 2.46. The normalized spacial score (nSPS) is 20.8. The van der Waals surface area contributed by atoms with E-state index in [1.54, 1.807) is 21.6 Å². The lowest BCUT2D eigenvalue weighted by molar-refractivity contribution is 0.0404. The highest BCUT2D eigenvalue weighted by atomic mass is 19.1. The van der Waals surface area contributed by atoms with Gasteiger partial charge in [0.25, 0.3) is 5.91 Å². The second-order valence-electron chi connectivity index (χ2n) is 8.60. The number of ketones is 1. The summed E-state index contributed by atoms with van der Waals surface area (Å²) in [6.45, 7) is 7.14. The van der Waals surface area contributed by atoms with Crippen LogP contribution in [-0.2, 0) is 13.0 Å². The van der Waals surface area contributed by atoms with E-state index in [1.807, 2.05) is 6.92 Å². The molecular weight excluding hydrogens is 401 g/mol. The highest BCUT2D eigenvalue weighted by Crippen LogP contribution is 2.32. The Hall–Kier alpha value is -3.00. The Bertz CT molecular complexity index is 1090. The van der Waals surface area contributed by atoms with E-state index < -0.39 is 22.9 Å². The number of aryl methyl sites for hydroxylation is 1. The Morgan fingerprint density at radius 2 is 1.87 bits per heavy atom. The lowest BCUT2D eigenvalue weighted by Crippen LogP contribution is -2.53. The van der Waals surface area contributed by atoms with Gasteiger partial charge in [-0.2, -0.15) is 0 Å². The first kappa shape index (κ1) is 21.2. The summed E-state index contributed by atoms with van der Waals surface area (Å²) in [5, 5.41) is 10.6. The SMILES string of the molecule is CC(C)N1C[C@@H](C)N2C(=O)c3c(O)c(=O)c(C(=O)CCc4ccc(F)cc4)cn3C[C@@H]12. The summed E-state index contributed by atoms with van der Waals surface area (Å²) >= 11 is 0. The van der Waals surface area contributed by atoms with Crippen LogP contribution in [-0.4, -0.2) is 56.0 Å². The monoisotopic (exact) mass is 427 g/mol. The number of aromatic hydroxyl groups is 1. The smallest absolute Gasteiger partial charge is 0.276 e. The largest absolute Gasteiger partial charge is 0.503 e. The average molecular weight is 427 g/mol. The Morgan fingerprint density at radius 1 is 1.19 bits per heavy atom. The molecule has 1 amide bonds. The second-order valence-corrected chi connectivity index (χ2v) is 8.60. The number of Topliss-reactive ketones (excluding diaryl/α,β-unsaturated/α-hetero) is 1. The topological polar surface area (TPSA) is 82.8 Å². The van der Waals surface area contributed by atoms with E-state index in [-0.39, 0.29) is 41.7 Å². The number of rotatable bonds is 5. The van der Waals surface area contributed by atoms with Crippen molar-refractivity contribution >= 4 is 11.7 Å². The molecular formula is C23H26FN3O4. The third-order valence-electron chi connectivity index (χ3n) is 6.22. The Kier molecular flexibility index (Phi) is 5.43. The van der Waals surface area contributed by atoms with Crippen molar-refractivity contribution < 1.29 is 19.1 Å². The van der Waals surface area contributed by atoms with Crippen molar-refractivity contribution in [3.8, 4) is 5.75 Å². The van der Waals surface area contributed by atoms with Gasteiger partial charge in [0.05, 0.1) is 12.1 Å². The third kappa shape index (κ3) is 3.65. The van der Waals surface area contributed by atoms with Crippen molar-refractivity contribution in [3.05, 3.63) is 63.3 Å². The first-order valence-corrected chi connectivity index (χ1v) is 10.5. The minimum atomic E-state index is -0.824. The molecule has 0 unspecified atom stereocenters. The van der Waals surface area contributed by atoms with Gasteiger partial charge in [-0.25, -0.2) is 4.39 Å². The number of halogens is 1. The zero-order valence-corrected chi connectivity index (χ0v) is 17.8. The number of benzene rings is 1. The van der Waals surface area contributed by atoms with Crippen LogP contribution in [0.5, 0.6) is 5.75 Å². The summed E-state index contributed by atoms with van der Waals surface area (Å²) < 4.78 is 14.6. The number of hydrogen-bond acceptors (Lipinski definition) is 5. The third-order valence-corrected chi connectivity index (χ3v) is 6.22. The van der Waals surface area contributed by atoms with E-state index in [9.17, 15) is 23.9 Å². The van der Waals surface area contributed by atoms with Gasteiger partial charge in [-0.1, -0.05) is 12.1 Å². The molecule has 2 aliphatic rings.